The molecule has 142 valence electrons. The lowest BCUT2D eigenvalue weighted by Crippen LogP contribution is -2.28. The molecule has 0 fully saturated rings. The number of nitrogens with one attached hydrogen (secondary N) is 1. The van der Waals surface area contributed by atoms with Gasteiger partial charge in [0.15, 0.2) is 17.3 Å². The number of benzene rings is 1. The maximum Gasteiger partial charge on any atom is 0.343 e. The van der Waals surface area contributed by atoms with Gasteiger partial charge in [0.1, 0.15) is 5.56 Å². The molecule has 0 unspecified atom stereocenters. The Balaban J connectivity index is 1.95. The summed E-state index contributed by atoms with van der Waals surface area (Å²) in [5.41, 5.74) is 1.13. The summed E-state index contributed by atoms with van der Waals surface area (Å²) in [6.45, 7) is 1.81. The predicted octanol–water partition coefficient (Wildman–Crippen LogP) is 2.48. The molecule has 27 heavy (non-hydrogen) atoms. The Labute approximate surface area is 156 Å². The first kappa shape index (κ1) is 18.7. The topological polar surface area (TPSA) is 94.7 Å². The van der Waals surface area contributed by atoms with Gasteiger partial charge in [0.2, 0.25) is 0 Å². The third-order valence-electron chi connectivity index (χ3n) is 4.68. The molecule has 3 rings (SSSR count). The maximum atomic E-state index is 12.7. The molecule has 0 amide bonds. The Morgan fingerprint density at radius 1 is 1.11 bits per heavy atom. The zero-order chi connectivity index (χ0) is 19.6. The molecule has 2 aromatic rings. The van der Waals surface area contributed by atoms with Crippen molar-refractivity contribution in [2.75, 3.05) is 20.8 Å². The number of hydrogen-bond donors (Lipinski definition) is 1. The number of ether oxygens (including phenoxy) is 3. The van der Waals surface area contributed by atoms with Gasteiger partial charge in [0, 0.05) is 17.7 Å². The number of H-pyrrole nitrogens is 1. The van der Waals surface area contributed by atoms with Crippen LogP contribution in [0.3, 0.4) is 0 Å². The van der Waals surface area contributed by atoms with Crippen molar-refractivity contribution in [1.29, 1.82) is 0 Å². The monoisotopic (exact) mass is 371 g/mol. The standard InChI is InChI=1S/C20H21NO6/c1-4-27-20(24)14-10-13-15(21-19(14)23)7-12(8-16(13)22)11-5-6-17(25-2)18(9-11)26-3/h5-6,9-10,12H,4,7-8H2,1-3H3,(H,21,23)/t12-/m0/s1. The first-order valence-corrected chi connectivity index (χ1v) is 8.66. The van der Waals surface area contributed by atoms with Crippen LogP contribution >= 0.6 is 0 Å². The molecular formula is C20H21NO6. The number of aromatic amines is 1. The molecular weight excluding hydrogens is 350 g/mol. The zero-order valence-electron chi connectivity index (χ0n) is 15.5. The summed E-state index contributed by atoms with van der Waals surface area (Å²) < 4.78 is 15.4. The molecule has 1 aromatic carbocycles. The van der Waals surface area contributed by atoms with Crippen molar-refractivity contribution >= 4 is 11.8 Å². The normalized spacial score (nSPS) is 15.8. The fourth-order valence-electron chi connectivity index (χ4n) is 3.33. The van der Waals surface area contributed by atoms with Crippen LogP contribution in [-0.4, -0.2) is 37.6 Å². The second-order valence-electron chi connectivity index (χ2n) is 6.27. The largest absolute Gasteiger partial charge is 0.493 e. The molecule has 0 radical (unpaired) electrons. The summed E-state index contributed by atoms with van der Waals surface area (Å²) in [5, 5.41) is 0. The second-order valence-corrected chi connectivity index (χ2v) is 6.27. The Kier molecular flexibility index (Phi) is 5.30. The number of pyridine rings is 1. The minimum Gasteiger partial charge on any atom is -0.493 e. The van der Waals surface area contributed by atoms with Gasteiger partial charge in [-0.05, 0) is 43.0 Å². The zero-order valence-corrected chi connectivity index (χ0v) is 15.5. The molecule has 0 saturated carbocycles. The number of methoxy groups -OCH3 is 2. The third kappa shape index (κ3) is 3.58. The van der Waals surface area contributed by atoms with Crippen LogP contribution in [0.2, 0.25) is 0 Å². The summed E-state index contributed by atoms with van der Waals surface area (Å²) in [7, 11) is 3.11. The van der Waals surface area contributed by atoms with Gasteiger partial charge in [-0.1, -0.05) is 6.07 Å². The van der Waals surface area contributed by atoms with E-state index in [-0.39, 0.29) is 30.3 Å². The number of Topliss-reactive ketones (excluding diaryl/α,β-unsaturated/α-hetero) is 1. The van der Waals surface area contributed by atoms with Crippen LogP contribution in [-0.2, 0) is 11.2 Å². The van der Waals surface area contributed by atoms with Crippen LogP contribution in [0.4, 0.5) is 0 Å². The minimum atomic E-state index is -0.726. The van der Waals surface area contributed by atoms with E-state index in [2.05, 4.69) is 4.98 Å². The van der Waals surface area contributed by atoms with Gasteiger partial charge >= 0.3 is 5.97 Å². The van der Waals surface area contributed by atoms with Crippen molar-refractivity contribution in [1.82, 2.24) is 4.98 Å². The number of ketones is 1. The number of esters is 1. The number of fused-ring (bicyclic) bond motifs is 1. The van der Waals surface area contributed by atoms with Gasteiger partial charge in [-0.2, -0.15) is 0 Å². The quantitative estimate of drug-likeness (QED) is 0.812. The van der Waals surface area contributed by atoms with Crippen LogP contribution in [0.15, 0.2) is 29.1 Å². The Morgan fingerprint density at radius 2 is 1.85 bits per heavy atom. The molecule has 1 heterocycles. The van der Waals surface area contributed by atoms with Crippen LogP contribution < -0.4 is 15.0 Å². The van der Waals surface area contributed by atoms with Crippen molar-refractivity contribution in [3.05, 3.63) is 57.0 Å². The summed E-state index contributed by atoms with van der Waals surface area (Å²) in [4.78, 5) is 39.5. The Bertz CT molecular complexity index is 946. The summed E-state index contributed by atoms with van der Waals surface area (Å²) in [6.07, 6.45) is 0.756. The van der Waals surface area contributed by atoms with Crippen molar-refractivity contribution in [2.45, 2.75) is 25.7 Å². The van der Waals surface area contributed by atoms with Gasteiger partial charge in [0.25, 0.3) is 5.56 Å². The van der Waals surface area contributed by atoms with E-state index in [9.17, 15) is 14.4 Å². The highest BCUT2D eigenvalue weighted by atomic mass is 16.5. The Hall–Kier alpha value is -3.09. The van der Waals surface area contributed by atoms with E-state index in [0.29, 0.717) is 29.2 Å². The predicted molar refractivity (Wildman–Crippen MR) is 98.0 cm³/mol. The Morgan fingerprint density at radius 3 is 2.52 bits per heavy atom. The molecule has 0 bridgehead atoms. The van der Waals surface area contributed by atoms with E-state index in [0.717, 1.165) is 5.56 Å². The molecule has 0 spiro atoms. The molecule has 1 aliphatic carbocycles. The fraction of sp³-hybridized carbons (Fsp3) is 0.350. The van der Waals surface area contributed by atoms with Crippen LogP contribution in [0, 0.1) is 0 Å². The number of carbonyl (C=O) groups excluding carboxylic acids is 2. The van der Waals surface area contributed by atoms with E-state index in [4.69, 9.17) is 14.2 Å². The SMILES string of the molecule is CCOC(=O)c1cc2c([nH]c1=O)C[C@H](c1ccc(OC)c(OC)c1)CC2=O. The molecule has 0 aliphatic heterocycles. The summed E-state index contributed by atoms with van der Waals surface area (Å²) >= 11 is 0. The highest BCUT2D eigenvalue weighted by Gasteiger charge is 2.29. The average molecular weight is 371 g/mol. The maximum absolute atomic E-state index is 12.7. The van der Waals surface area contributed by atoms with Gasteiger partial charge < -0.3 is 19.2 Å². The van der Waals surface area contributed by atoms with E-state index >= 15 is 0 Å². The van der Waals surface area contributed by atoms with Gasteiger partial charge in [-0.3, -0.25) is 9.59 Å². The van der Waals surface area contributed by atoms with Gasteiger partial charge in [-0.15, -0.1) is 0 Å². The molecule has 1 atom stereocenters. The number of rotatable bonds is 5. The lowest BCUT2D eigenvalue weighted by molar-refractivity contribution is 0.0524. The van der Waals surface area contributed by atoms with Crippen molar-refractivity contribution in [2.24, 2.45) is 0 Å². The molecule has 7 heteroatoms. The summed E-state index contributed by atoms with van der Waals surface area (Å²) in [6, 6.07) is 6.86. The van der Waals surface area contributed by atoms with Crippen molar-refractivity contribution in [3.63, 3.8) is 0 Å². The molecule has 1 N–H and O–H groups in total. The second kappa shape index (κ2) is 7.65. The molecule has 7 nitrogen and oxygen atoms in total. The first-order valence-electron chi connectivity index (χ1n) is 8.66. The summed E-state index contributed by atoms with van der Waals surface area (Å²) in [5.74, 6) is 0.235. The fourth-order valence-corrected chi connectivity index (χ4v) is 3.33. The van der Waals surface area contributed by atoms with Gasteiger partial charge in [0.05, 0.1) is 20.8 Å². The van der Waals surface area contributed by atoms with E-state index in [1.54, 1.807) is 27.2 Å². The number of carbonyl (C=O) groups is 2. The van der Waals surface area contributed by atoms with Crippen LogP contribution in [0.5, 0.6) is 11.5 Å². The highest BCUT2D eigenvalue weighted by Crippen LogP contribution is 2.36. The smallest absolute Gasteiger partial charge is 0.343 e. The van der Waals surface area contributed by atoms with Crippen LogP contribution in [0.25, 0.3) is 0 Å². The molecule has 1 aromatic heterocycles. The molecule has 1 aliphatic rings. The van der Waals surface area contributed by atoms with Gasteiger partial charge in [-0.25, -0.2) is 4.79 Å². The van der Waals surface area contributed by atoms with E-state index in [1.165, 1.54) is 6.07 Å². The molecule has 0 saturated heterocycles. The van der Waals surface area contributed by atoms with Crippen LogP contribution in [0.1, 0.15) is 51.2 Å². The third-order valence-corrected chi connectivity index (χ3v) is 4.68. The lowest BCUT2D eigenvalue weighted by atomic mass is 9.81. The minimum absolute atomic E-state index is 0.103. The number of aromatic nitrogens is 1. The first-order chi connectivity index (χ1) is 13.0. The van der Waals surface area contributed by atoms with E-state index < -0.39 is 11.5 Å². The van der Waals surface area contributed by atoms with E-state index in [1.807, 2.05) is 12.1 Å². The lowest BCUT2D eigenvalue weighted by Gasteiger charge is -2.24. The highest BCUT2D eigenvalue weighted by molar-refractivity contribution is 6.01. The number of hydrogen-bond acceptors (Lipinski definition) is 6. The van der Waals surface area contributed by atoms with Crippen molar-refractivity contribution < 1.29 is 23.8 Å². The average Bonchev–Trinajstić information content (AvgIpc) is 2.66. The van der Waals surface area contributed by atoms with Crippen molar-refractivity contribution in [3.8, 4) is 11.5 Å².